The standard InChI is InChI=1S/C14H18ClN3O/c1-3-6-18-9-12(8-17-18)19-14-5-4-11(10(2)16)7-13(14)15/h4-5,7-10H,3,6,16H2,1-2H3/t10-/m1/s1. The van der Waals surface area contributed by atoms with E-state index in [9.17, 15) is 0 Å². The van der Waals surface area contributed by atoms with Gasteiger partial charge in [-0.2, -0.15) is 5.10 Å². The Morgan fingerprint density at radius 3 is 2.89 bits per heavy atom. The van der Waals surface area contributed by atoms with Crippen molar-refractivity contribution in [2.24, 2.45) is 5.73 Å². The number of halogens is 1. The first-order valence-electron chi connectivity index (χ1n) is 6.35. The number of hydrogen-bond acceptors (Lipinski definition) is 3. The van der Waals surface area contributed by atoms with Gasteiger partial charge in [-0.3, -0.25) is 4.68 Å². The molecule has 0 aliphatic rings. The Hall–Kier alpha value is -1.52. The van der Waals surface area contributed by atoms with E-state index >= 15 is 0 Å². The summed E-state index contributed by atoms with van der Waals surface area (Å²) in [6.07, 6.45) is 4.58. The molecule has 0 spiro atoms. The van der Waals surface area contributed by atoms with Gasteiger partial charge in [0.05, 0.1) is 17.4 Å². The number of aryl methyl sites for hydroxylation is 1. The molecule has 1 atom stereocenters. The quantitative estimate of drug-likeness (QED) is 0.907. The molecular formula is C14H18ClN3O. The van der Waals surface area contributed by atoms with Crippen molar-refractivity contribution in [3.8, 4) is 11.5 Å². The molecule has 0 aliphatic heterocycles. The summed E-state index contributed by atoms with van der Waals surface area (Å²) in [7, 11) is 0. The summed E-state index contributed by atoms with van der Waals surface area (Å²) in [6, 6.07) is 5.54. The summed E-state index contributed by atoms with van der Waals surface area (Å²) in [5.74, 6) is 1.30. The first kappa shape index (κ1) is 13.9. The fraction of sp³-hybridized carbons (Fsp3) is 0.357. The molecule has 0 bridgehead atoms. The Morgan fingerprint density at radius 2 is 2.26 bits per heavy atom. The van der Waals surface area contributed by atoms with E-state index in [1.165, 1.54) is 0 Å². The van der Waals surface area contributed by atoms with E-state index in [1.807, 2.05) is 36.0 Å². The van der Waals surface area contributed by atoms with E-state index in [1.54, 1.807) is 6.20 Å². The van der Waals surface area contributed by atoms with Gasteiger partial charge in [0, 0.05) is 12.6 Å². The number of nitrogens with two attached hydrogens (primary N) is 1. The van der Waals surface area contributed by atoms with Gasteiger partial charge in [-0.05, 0) is 31.0 Å². The van der Waals surface area contributed by atoms with Gasteiger partial charge in [0.1, 0.15) is 5.75 Å². The van der Waals surface area contributed by atoms with E-state index in [0.29, 0.717) is 16.5 Å². The van der Waals surface area contributed by atoms with Crippen LogP contribution in [0.5, 0.6) is 11.5 Å². The Kier molecular flexibility index (Phi) is 4.45. The molecule has 1 aromatic carbocycles. The third kappa shape index (κ3) is 3.49. The molecule has 0 fully saturated rings. The molecule has 0 aliphatic carbocycles. The van der Waals surface area contributed by atoms with Crippen LogP contribution in [0.1, 0.15) is 31.9 Å². The first-order chi connectivity index (χ1) is 9.10. The first-order valence-corrected chi connectivity index (χ1v) is 6.73. The van der Waals surface area contributed by atoms with E-state index in [2.05, 4.69) is 12.0 Å². The zero-order valence-corrected chi connectivity index (χ0v) is 11.9. The lowest BCUT2D eigenvalue weighted by Gasteiger charge is -2.09. The van der Waals surface area contributed by atoms with Gasteiger partial charge >= 0.3 is 0 Å². The van der Waals surface area contributed by atoms with Gasteiger partial charge in [0.15, 0.2) is 5.75 Å². The second-order valence-electron chi connectivity index (χ2n) is 4.52. The fourth-order valence-electron chi connectivity index (χ4n) is 1.76. The smallest absolute Gasteiger partial charge is 0.165 e. The summed E-state index contributed by atoms with van der Waals surface area (Å²) < 4.78 is 7.56. The molecule has 19 heavy (non-hydrogen) atoms. The predicted molar refractivity (Wildman–Crippen MR) is 76.6 cm³/mol. The van der Waals surface area contributed by atoms with Crippen LogP contribution in [0, 0.1) is 0 Å². The zero-order chi connectivity index (χ0) is 13.8. The minimum Gasteiger partial charge on any atom is -0.452 e. The highest BCUT2D eigenvalue weighted by atomic mass is 35.5. The molecule has 1 aromatic heterocycles. The van der Waals surface area contributed by atoms with E-state index in [0.717, 1.165) is 18.5 Å². The maximum atomic E-state index is 6.18. The van der Waals surface area contributed by atoms with Gasteiger partial charge in [-0.25, -0.2) is 0 Å². The van der Waals surface area contributed by atoms with Crippen molar-refractivity contribution < 1.29 is 4.74 Å². The number of hydrogen-bond donors (Lipinski definition) is 1. The van der Waals surface area contributed by atoms with Gasteiger partial charge in [0.2, 0.25) is 0 Å². The minimum absolute atomic E-state index is 0.0427. The van der Waals surface area contributed by atoms with Crippen molar-refractivity contribution in [2.75, 3.05) is 0 Å². The highest BCUT2D eigenvalue weighted by Crippen LogP contribution is 2.31. The molecule has 5 heteroatoms. The van der Waals surface area contributed by atoms with Crippen LogP contribution in [0.3, 0.4) is 0 Å². The van der Waals surface area contributed by atoms with E-state index in [-0.39, 0.29) is 6.04 Å². The second kappa shape index (κ2) is 6.08. The number of ether oxygens (including phenoxy) is 1. The highest BCUT2D eigenvalue weighted by Gasteiger charge is 2.08. The van der Waals surface area contributed by atoms with Crippen LogP contribution >= 0.6 is 11.6 Å². The monoisotopic (exact) mass is 279 g/mol. The summed E-state index contributed by atoms with van der Waals surface area (Å²) in [4.78, 5) is 0. The summed E-state index contributed by atoms with van der Waals surface area (Å²) in [5.41, 5.74) is 6.79. The van der Waals surface area contributed by atoms with Crippen LogP contribution in [0.15, 0.2) is 30.6 Å². The number of rotatable bonds is 5. The third-order valence-electron chi connectivity index (χ3n) is 2.77. The molecule has 0 unspecified atom stereocenters. The maximum absolute atomic E-state index is 6.18. The topological polar surface area (TPSA) is 53.1 Å². The molecule has 0 saturated carbocycles. The third-order valence-corrected chi connectivity index (χ3v) is 3.07. The van der Waals surface area contributed by atoms with Crippen LogP contribution in [-0.2, 0) is 6.54 Å². The molecule has 1 heterocycles. The molecule has 102 valence electrons. The average molecular weight is 280 g/mol. The lowest BCUT2D eigenvalue weighted by atomic mass is 10.1. The largest absolute Gasteiger partial charge is 0.452 e. The Bertz CT molecular complexity index is 551. The Morgan fingerprint density at radius 1 is 1.47 bits per heavy atom. The molecule has 0 radical (unpaired) electrons. The van der Waals surface area contributed by atoms with Crippen LogP contribution in [0.4, 0.5) is 0 Å². The highest BCUT2D eigenvalue weighted by molar-refractivity contribution is 6.32. The van der Waals surface area contributed by atoms with Crippen molar-refractivity contribution in [1.29, 1.82) is 0 Å². The van der Waals surface area contributed by atoms with Crippen molar-refractivity contribution in [2.45, 2.75) is 32.9 Å². The van der Waals surface area contributed by atoms with Gasteiger partial charge in [-0.1, -0.05) is 24.6 Å². The number of aromatic nitrogens is 2. The summed E-state index contributed by atoms with van der Waals surface area (Å²) in [5, 5.41) is 4.76. The Labute approximate surface area is 118 Å². The normalized spacial score (nSPS) is 12.4. The van der Waals surface area contributed by atoms with Crippen LogP contribution in [0.25, 0.3) is 0 Å². The molecule has 0 amide bonds. The van der Waals surface area contributed by atoms with E-state index in [4.69, 9.17) is 22.1 Å². The van der Waals surface area contributed by atoms with Crippen molar-refractivity contribution >= 4 is 11.6 Å². The fourth-order valence-corrected chi connectivity index (χ4v) is 1.99. The SMILES string of the molecule is CCCn1cc(Oc2ccc([C@@H](C)N)cc2Cl)cn1. The van der Waals surface area contributed by atoms with Crippen molar-refractivity contribution in [3.63, 3.8) is 0 Å². The minimum atomic E-state index is -0.0427. The zero-order valence-electron chi connectivity index (χ0n) is 11.1. The summed E-state index contributed by atoms with van der Waals surface area (Å²) >= 11 is 6.18. The molecule has 0 saturated heterocycles. The predicted octanol–water partition coefficient (Wildman–Crippen LogP) is 3.76. The maximum Gasteiger partial charge on any atom is 0.165 e. The molecule has 2 rings (SSSR count). The molecule has 2 aromatic rings. The Balaban J connectivity index is 2.13. The molecular weight excluding hydrogens is 262 g/mol. The molecule has 4 nitrogen and oxygen atoms in total. The van der Waals surface area contributed by atoms with Crippen LogP contribution < -0.4 is 10.5 Å². The van der Waals surface area contributed by atoms with Crippen molar-refractivity contribution in [1.82, 2.24) is 9.78 Å². The lowest BCUT2D eigenvalue weighted by Crippen LogP contribution is -2.04. The second-order valence-corrected chi connectivity index (χ2v) is 4.93. The summed E-state index contributed by atoms with van der Waals surface area (Å²) in [6.45, 7) is 4.90. The molecule has 2 N–H and O–H groups in total. The van der Waals surface area contributed by atoms with Crippen LogP contribution in [-0.4, -0.2) is 9.78 Å². The van der Waals surface area contributed by atoms with Gasteiger partial charge in [0.25, 0.3) is 0 Å². The van der Waals surface area contributed by atoms with Gasteiger partial charge < -0.3 is 10.5 Å². The van der Waals surface area contributed by atoms with E-state index < -0.39 is 0 Å². The van der Waals surface area contributed by atoms with Crippen LogP contribution in [0.2, 0.25) is 5.02 Å². The van der Waals surface area contributed by atoms with Gasteiger partial charge in [-0.15, -0.1) is 0 Å². The average Bonchev–Trinajstić information content (AvgIpc) is 2.79. The number of nitrogens with zero attached hydrogens (tertiary/aromatic N) is 2. The number of benzene rings is 1. The lowest BCUT2D eigenvalue weighted by molar-refractivity contribution is 0.480. The van der Waals surface area contributed by atoms with Crippen molar-refractivity contribution in [3.05, 3.63) is 41.2 Å².